The van der Waals surface area contributed by atoms with Gasteiger partial charge in [0, 0.05) is 11.9 Å². The lowest BCUT2D eigenvalue weighted by Gasteiger charge is -2.05. The first-order valence-electron chi connectivity index (χ1n) is 5.56. The average Bonchev–Trinajstić information content (AvgIpc) is 2.86. The molecule has 0 spiro atoms. The number of urea groups is 1. The van der Waals surface area contributed by atoms with Crippen LogP contribution in [0.15, 0.2) is 41.8 Å². The van der Waals surface area contributed by atoms with Crippen molar-refractivity contribution in [3.8, 4) is 0 Å². The van der Waals surface area contributed by atoms with Crippen molar-refractivity contribution in [1.29, 1.82) is 0 Å². The predicted octanol–water partition coefficient (Wildman–Crippen LogP) is 2.77. The predicted molar refractivity (Wildman–Crippen MR) is 73.6 cm³/mol. The van der Waals surface area contributed by atoms with Crippen molar-refractivity contribution < 1.29 is 14.7 Å². The van der Waals surface area contributed by atoms with Crippen LogP contribution >= 0.6 is 11.3 Å². The molecule has 2 amide bonds. The summed E-state index contributed by atoms with van der Waals surface area (Å²) in [5.41, 5.74) is 1.47. The van der Waals surface area contributed by atoms with Gasteiger partial charge in [0.15, 0.2) is 0 Å². The van der Waals surface area contributed by atoms with Crippen LogP contribution in [0, 0.1) is 0 Å². The van der Waals surface area contributed by atoms with Gasteiger partial charge in [0.05, 0.1) is 5.69 Å². The number of benzene rings is 1. The fourth-order valence-electron chi connectivity index (χ4n) is 1.47. The number of carbonyl (C=O) groups excluding carboxylic acids is 1. The summed E-state index contributed by atoms with van der Waals surface area (Å²) < 4.78 is 0. The molecule has 0 saturated heterocycles. The molecule has 98 valence electrons. The molecule has 2 rings (SSSR count). The number of carbonyl (C=O) groups is 2. The number of rotatable bonds is 4. The largest absolute Gasteiger partial charge is 0.477 e. The Balaban J connectivity index is 1.85. The lowest BCUT2D eigenvalue weighted by atomic mass is 10.2. The fraction of sp³-hybridized carbons (Fsp3) is 0.0769. The molecule has 0 atom stereocenters. The van der Waals surface area contributed by atoms with Gasteiger partial charge in [-0.25, -0.2) is 9.59 Å². The van der Waals surface area contributed by atoms with E-state index >= 15 is 0 Å². The van der Waals surface area contributed by atoms with Crippen LogP contribution in [0.3, 0.4) is 0 Å². The first kappa shape index (κ1) is 13.1. The zero-order valence-electron chi connectivity index (χ0n) is 9.92. The Morgan fingerprint density at radius 1 is 1.21 bits per heavy atom. The van der Waals surface area contributed by atoms with Crippen molar-refractivity contribution in [1.82, 2.24) is 5.32 Å². The molecule has 0 aliphatic rings. The van der Waals surface area contributed by atoms with Gasteiger partial charge in [0.25, 0.3) is 0 Å². The van der Waals surface area contributed by atoms with E-state index in [-0.39, 0.29) is 10.9 Å². The van der Waals surface area contributed by atoms with Gasteiger partial charge in [0.1, 0.15) is 4.88 Å². The summed E-state index contributed by atoms with van der Waals surface area (Å²) in [5, 5.41) is 15.6. The third kappa shape index (κ3) is 3.82. The fourth-order valence-corrected chi connectivity index (χ4v) is 2.14. The van der Waals surface area contributed by atoms with E-state index in [4.69, 9.17) is 5.11 Å². The Labute approximate surface area is 113 Å². The van der Waals surface area contributed by atoms with E-state index in [9.17, 15) is 9.59 Å². The SMILES string of the molecule is O=C(NCc1ccccc1)Nc1csc(C(=O)O)c1. The van der Waals surface area contributed by atoms with Gasteiger partial charge in [-0.3, -0.25) is 0 Å². The Bertz CT molecular complexity index is 581. The summed E-state index contributed by atoms with van der Waals surface area (Å²) in [6, 6.07) is 10.6. The molecular formula is C13H12N2O3S. The summed E-state index contributed by atoms with van der Waals surface area (Å²) in [5.74, 6) is -0.997. The first-order chi connectivity index (χ1) is 9.15. The molecule has 0 radical (unpaired) electrons. The second kappa shape index (κ2) is 6.01. The first-order valence-corrected chi connectivity index (χ1v) is 6.44. The summed E-state index contributed by atoms with van der Waals surface area (Å²) in [6.07, 6.45) is 0. The number of nitrogens with one attached hydrogen (secondary N) is 2. The highest BCUT2D eigenvalue weighted by Gasteiger charge is 2.08. The summed E-state index contributed by atoms with van der Waals surface area (Å²) in [4.78, 5) is 22.5. The van der Waals surface area contributed by atoms with Crippen LogP contribution in [-0.2, 0) is 6.54 Å². The maximum Gasteiger partial charge on any atom is 0.345 e. The topological polar surface area (TPSA) is 78.4 Å². The van der Waals surface area contributed by atoms with E-state index in [0.717, 1.165) is 16.9 Å². The van der Waals surface area contributed by atoms with Crippen LogP contribution in [0.25, 0.3) is 0 Å². The minimum atomic E-state index is -0.997. The molecule has 0 fully saturated rings. The molecule has 0 aliphatic carbocycles. The molecule has 6 heteroatoms. The molecule has 0 bridgehead atoms. The maximum atomic E-state index is 11.6. The number of carboxylic acid groups (broad SMARTS) is 1. The highest BCUT2D eigenvalue weighted by atomic mass is 32.1. The van der Waals surface area contributed by atoms with Crippen molar-refractivity contribution in [3.05, 3.63) is 52.2 Å². The van der Waals surface area contributed by atoms with E-state index in [1.165, 1.54) is 6.07 Å². The van der Waals surface area contributed by atoms with Crippen molar-refractivity contribution in [2.24, 2.45) is 0 Å². The van der Waals surface area contributed by atoms with Gasteiger partial charge in [0.2, 0.25) is 0 Å². The van der Waals surface area contributed by atoms with Crippen LogP contribution in [-0.4, -0.2) is 17.1 Å². The molecule has 5 nitrogen and oxygen atoms in total. The van der Waals surface area contributed by atoms with E-state index in [1.807, 2.05) is 30.3 Å². The molecule has 0 unspecified atom stereocenters. The second-order valence-corrected chi connectivity index (χ2v) is 4.71. The smallest absolute Gasteiger partial charge is 0.345 e. The second-order valence-electron chi connectivity index (χ2n) is 3.80. The number of anilines is 1. The number of amides is 2. The lowest BCUT2D eigenvalue weighted by Crippen LogP contribution is -2.27. The van der Waals surface area contributed by atoms with Gasteiger partial charge in [-0.2, -0.15) is 0 Å². The van der Waals surface area contributed by atoms with Crippen molar-refractivity contribution in [3.63, 3.8) is 0 Å². The zero-order chi connectivity index (χ0) is 13.7. The number of hydrogen-bond acceptors (Lipinski definition) is 3. The molecule has 0 saturated carbocycles. The summed E-state index contributed by atoms with van der Waals surface area (Å²) >= 11 is 1.07. The maximum absolute atomic E-state index is 11.6. The standard InChI is InChI=1S/C13H12N2O3S/c16-12(17)11-6-10(8-19-11)15-13(18)14-7-9-4-2-1-3-5-9/h1-6,8H,7H2,(H,16,17)(H2,14,15,18). The summed E-state index contributed by atoms with van der Waals surface area (Å²) in [6.45, 7) is 0.419. The minimum Gasteiger partial charge on any atom is -0.477 e. The number of aromatic carboxylic acids is 1. The van der Waals surface area contributed by atoms with Gasteiger partial charge < -0.3 is 15.7 Å². The molecule has 1 aromatic heterocycles. The van der Waals surface area contributed by atoms with E-state index in [0.29, 0.717) is 12.2 Å². The third-order valence-electron chi connectivity index (χ3n) is 2.36. The van der Waals surface area contributed by atoms with Crippen molar-refractivity contribution >= 4 is 29.0 Å². The van der Waals surface area contributed by atoms with E-state index < -0.39 is 5.97 Å². The normalized spacial score (nSPS) is 9.89. The lowest BCUT2D eigenvalue weighted by molar-refractivity contribution is 0.0702. The molecular weight excluding hydrogens is 264 g/mol. The van der Waals surface area contributed by atoms with Crippen LogP contribution in [0.4, 0.5) is 10.5 Å². The Kier molecular flexibility index (Phi) is 4.15. The van der Waals surface area contributed by atoms with E-state index in [2.05, 4.69) is 10.6 Å². The minimum absolute atomic E-state index is 0.193. The number of hydrogen-bond donors (Lipinski definition) is 3. The molecule has 19 heavy (non-hydrogen) atoms. The Morgan fingerprint density at radius 2 is 1.95 bits per heavy atom. The van der Waals surface area contributed by atoms with Gasteiger partial charge in [-0.1, -0.05) is 30.3 Å². The molecule has 2 aromatic rings. The van der Waals surface area contributed by atoms with Gasteiger partial charge in [-0.05, 0) is 11.6 Å². The molecule has 1 aromatic carbocycles. The monoisotopic (exact) mass is 276 g/mol. The van der Waals surface area contributed by atoms with Gasteiger partial charge >= 0.3 is 12.0 Å². The quantitative estimate of drug-likeness (QED) is 0.803. The summed E-state index contributed by atoms with van der Waals surface area (Å²) in [7, 11) is 0. The average molecular weight is 276 g/mol. The van der Waals surface area contributed by atoms with Crippen LogP contribution in [0.5, 0.6) is 0 Å². The Morgan fingerprint density at radius 3 is 2.58 bits per heavy atom. The van der Waals surface area contributed by atoms with Crippen molar-refractivity contribution in [2.45, 2.75) is 6.54 Å². The highest BCUT2D eigenvalue weighted by Crippen LogP contribution is 2.18. The number of carboxylic acids is 1. The van der Waals surface area contributed by atoms with Crippen LogP contribution < -0.4 is 10.6 Å². The molecule has 3 N–H and O–H groups in total. The zero-order valence-corrected chi connectivity index (χ0v) is 10.7. The van der Waals surface area contributed by atoms with Crippen LogP contribution in [0.1, 0.15) is 15.2 Å². The molecule has 1 heterocycles. The van der Waals surface area contributed by atoms with Crippen LogP contribution in [0.2, 0.25) is 0 Å². The van der Waals surface area contributed by atoms with E-state index in [1.54, 1.807) is 5.38 Å². The Hall–Kier alpha value is -2.34. The number of thiophene rings is 1. The van der Waals surface area contributed by atoms with Gasteiger partial charge in [-0.15, -0.1) is 11.3 Å². The van der Waals surface area contributed by atoms with Crippen molar-refractivity contribution in [2.75, 3.05) is 5.32 Å². The highest BCUT2D eigenvalue weighted by molar-refractivity contribution is 7.12. The third-order valence-corrected chi connectivity index (χ3v) is 3.28. The molecule has 0 aliphatic heterocycles.